The first-order valence-corrected chi connectivity index (χ1v) is 5.54. The third-order valence-electron chi connectivity index (χ3n) is 2.23. The van der Waals surface area contributed by atoms with Crippen LogP contribution in [0.5, 0.6) is 0 Å². The highest BCUT2D eigenvalue weighted by Crippen LogP contribution is 2.19. The van der Waals surface area contributed by atoms with Gasteiger partial charge in [0.05, 0.1) is 12.9 Å². The number of hydrogen-bond acceptors (Lipinski definition) is 4. The molecule has 1 aromatic heterocycles. The third kappa shape index (κ3) is 4.68. The summed E-state index contributed by atoms with van der Waals surface area (Å²) < 4.78 is 9.87. The van der Waals surface area contributed by atoms with Crippen LogP contribution in [0.25, 0.3) is 0 Å². The molecule has 0 aliphatic carbocycles. The molecule has 4 nitrogen and oxygen atoms in total. The molecular weight excluding hydrogens is 220 g/mol. The molecule has 17 heavy (non-hydrogen) atoms. The predicted octanol–water partition coefficient (Wildman–Crippen LogP) is 2.46. The zero-order valence-electron chi connectivity index (χ0n) is 10.0. The Morgan fingerprint density at radius 2 is 2.24 bits per heavy atom. The first kappa shape index (κ1) is 13.2. The Morgan fingerprint density at radius 1 is 1.47 bits per heavy atom. The second-order valence-corrected chi connectivity index (χ2v) is 3.67. The van der Waals surface area contributed by atoms with E-state index in [-0.39, 0.29) is 11.7 Å². The van der Waals surface area contributed by atoms with E-state index in [0.717, 1.165) is 11.8 Å². The molecule has 0 aliphatic rings. The summed E-state index contributed by atoms with van der Waals surface area (Å²) in [4.78, 5) is 22.5. The quantitative estimate of drug-likeness (QED) is 0.562. The monoisotopic (exact) mass is 236 g/mol. The van der Waals surface area contributed by atoms with Gasteiger partial charge in [-0.15, -0.1) is 0 Å². The van der Waals surface area contributed by atoms with Crippen molar-refractivity contribution in [3.8, 4) is 0 Å². The van der Waals surface area contributed by atoms with Gasteiger partial charge in [0.2, 0.25) is 0 Å². The van der Waals surface area contributed by atoms with Crippen LogP contribution in [-0.2, 0) is 14.3 Å². The van der Waals surface area contributed by atoms with Crippen LogP contribution in [0.1, 0.15) is 31.9 Å². The number of ketones is 1. The van der Waals surface area contributed by atoms with Crippen LogP contribution >= 0.6 is 0 Å². The van der Waals surface area contributed by atoms with E-state index in [2.05, 4.69) is 4.74 Å². The predicted molar refractivity (Wildman–Crippen MR) is 62.5 cm³/mol. The Kier molecular flexibility index (Phi) is 5.20. The standard InChI is InChI=1S/C13H16O4/c1-3-16-13(15)7-6-11(14)9-10(2)12-5-4-8-17-12/h4-8,10H,3,9H2,1-2H3/b7-6+. The lowest BCUT2D eigenvalue weighted by molar-refractivity contribution is -0.137. The van der Waals surface area contributed by atoms with E-state index in [1.807, 2.05) is 13.0 Å². The van der Waals surface area contributed by atoms with Crippen molar-refractivity contribution in [2.24, 2.45) is 0 Å². The van der Waals surface area contributed by atoms with Gasteiger partial charge < -0.3 is 9.15 Å². The van der Waals surface area contributed by atoms with Gasteiger partial charge in [0.25, 0.3) is 0 Å². The second kappa shape index (κ2) is 6.68. The molecule has 1 unspecified atom stereocenters. The number of ether oxygens (including phenoxy) is 1. The van der Waals surface area contributed by atoms with Crippen molar-refractivity contribution >= 4 is 11.8 Å². The van der Waals surface area contributed by atoms with E-state index in [1.54, 1.807) is 19.3 Å². The van der Waals surface area contributed by atoms with Gasteiger partial charge in [-0.25, -0.2) is 4.79 Å². The lowest BCUT2D eigenvalue weighted by Gasteiger charge is -2.04. The molecule has 0 saturated heterocycles. The summed E-state index contributed by atoms with van der Waals surface area (Å²) in [7, 11) is 0. The van der Waals surface area contributed by atoms with E-state index >= 15 is 0 Å². The lowest BCUT2D eigenvalue weighted by Crippen LogP contribution is -2.03. The highest BCUT2D eigenvalue weighted by atomic mass is 16.5. The summed E-state index contributed by atoms with van der Waals surface area (Å²) in [6.07, 6.45) is 4.28. The first-order valence-electron chi connectivity index (χ1n) is 5.54. The minimum Gasteiger partial charge on any atom is -0.469 e. The fourth-order valence-electron chi connectivity index (χ4n) is 1.39. The smallest absolute Gasteiger partial charge is 0.330 e. The van der Waals surface area contributed by atoms with Gasteiger partial charge in [-0.2, -0.15) is 0 Å². The summed E-state index contributed by atoms with van der Waals surface area (Å²) in [6.45, 7) is 3.92. The molecule has 1 heterocycles. The molecule has 4 heteroatoms. The summed E-state index contributed by atoms with van der Waals surface area (Å²) in [6, 6.07) is 3.61. The Morgan fingerprint density at radius 3 is 2.82 bits per heavy atom. The summed E-state index contributed by atoms with van der Waals surface area (Å²) in [5.74, 6) is 0.153. The Hall–Kier alpha value is -1.84. The fraction of sp³-hybridized carbons (Fsp3) is 0.385. The molecular formula is C13H16O4. The van der Waals surface area contributed by atoms with Crippen molar-refractivity contribution < 1.29 is 18.7 Å². The summed E-state index contributed by atoms with van der Waals surface area (Å²) in [5.41, 5.74) is 0. The molecule has 0 fully saturated rings. The molecule has 0 bridgehead atoms. The van der Waals surface area contributed by atoms with Crippen LogP contribution in [0.2, 0.25) is 0 Å². The van der Waals surface area contributed by atoms with Crippen LogP contribution in [0.3, 0.4) is 0 Å². The number of hydrogen-bond donors (Lipinski definition) is 0. The van der Waals surface area contributed by atoms with Gasteiger partial charge in [0.1, 0.15) is 5.76 Å². The number of allylic oxidation sites excluding steroid dienone is 1. The van der Waals surface area contributed by atoms with Gasteiger partial charge in [-0.1, -0.05) is 6.92 Å². The van der Waals surface area contributed by atoms with Gasteiger partial charge >= 0.3 is 5.97 Å². The molecule has 0 amide bonds. The molecule has 0 aliphatic heterocycles. The molecule has 1 rings (SSSR count). The Balaban J connectivity index is 2.42. The zero-order chi connectivity index (χ0) is 12.7. The maximum absolute atomic E-state index is 11.5. The molecule has 1 atom stereocenters. The van der Waals surface area contributed by atoms with Crippen LogP contribution in [-0.4, -0.2) is 18.4 Å². The Bertz CT molecular complexity index is 390. The molecule has 0 N–H and O–H groups in total. The van der Waals surface area contributed by atoms with Gasteiger partial charge in [-0.05, 0) is 25.1 Å². The first-order chi connectivity index (χ1) is 8.13. The molecule has 92 valence electrons. The minimum absolute atomic E-state index is 0.00402. The van der Waals surface area contributed by atoms with Gasteiger partial charge in [-0.3, -0.25) is 4.79 Å². The van der Waals surface area contributed by atoms with Crippen molar-refractivity contribution in [1.29, 1.82) is 0 Å². The number of carbonyl (C=O) groups is 2. The average Bonchev–Trinajstić information content (AvgIpc) is 2.80. The number of furan rings is 1. The minimum atomic E-state index is -0.494. The van der Waals surface area contributed by atoms with E-state index in [0.29, 0.717) is 13.0 Å². The van der Waals surface area contributed by atoms with E-state index in [9.17, 15) is 9.59 Å². The third-order valence-corrected chi connectivity index (χ3v) is 2.23. The maximum Gasteiger partial charge on any atom is 0.330 e. The SMILES string of the molecule is CCOC(=O)/C=C/C(=O)CC(C)c1ccco1. The van der Waals surface area contributed by atoms with Crippen LogP contribution in [0.15, 0.2) is 35.0 Å². The van der Waals surface area contributed by atoms with E-state index in [4.69, 9.17) is 4.42 Å². The van der Waals surface area contributed by atoms with Crippen molar-refractivity contribution in [2.45, 2.75) is 26.2 Å². The normalized spacial score (nSPS) is 12.6. The van der Waals surface area contributed by atoms with Crippen LogP contribution in [0.4, 0.5) is 0 Å². The van der Waals surface area contributed by atoms with Crippen LogP contribution < -0.4 is 0 Å². The molecule has 0 aromatic carbocycles. The number of esters is 1. The Labute approximate surface area is 100 Å². The lowest BCUT2D eigenvalue weighted by atomic mass is 10.0. The zero-order valence-corrected chi connectivity index (χ0v) is 10.0. The largest absolute Gasteiger partial charge is 0.469 e. The van der Waals surface area contributed by atoms with Crippen molar-refractivity contribution in [3.63, 3.8) is 0 Å². The van der Waals surface area contributed by atoms with Crippen LogP contribution in [0, 0.1) is 0 Å². The summed E-state index contributed by atoms with van der Waals surface area (Å²) in [5, 5.41) is 0. The molecule has 0 radical (unpaired) electrons. The fourth-order valence-corrected chi connectivity index (χ4v) is 1.39. The number of rotatable bonds is 6. The average molecular weight is 236 g/mol. The molecule has 0 saturated carbocycles. The maximum atomic E-state index is 11.5. The van der Waals surface area contributed by atoms with Gasteiger partial charge in [0, 0.05) is 18.4 Å². The van der Waals surface area contributed by atoms with E-state index in [1.165, 1.54) is 6.08 Å². The molecule has 0 spiro atoms. The van der Waals surface area contributed by atoms with Crippen molar-refractivity contribution in [3.05, 3.63) is 36.3 Å². The second-order valence-electron chi connectivity index (χ2n) is 3.67. The van der Waals surface area contributed by atoms with Crippen molar-refractivity contribution in [1.82, 2.24) is 0 Å². The van der Waals surface area contributed by atoms with Gasteiger partial charge in [0.15, 0.2) is 5.78 Å². The number of carbonyl (C=O) groups excluding carboxylic acids is 2. The highest BCUT2D eigenvalue weighted by molar-refractivity contribution is 5.96. The highest BCUT2D eigenvalue weighted by Gasteiger charge is 2.11. The summed E-state index contributed by atoms with van der Waals surface area (Å²) >= 11 is 0. The van der Waals surface area contributed by atoms with Crippen molar-refractivity contribution in [2.75, 3.05) is 6.61 Å². The molecule has 1 aromatic rings. The topological polar surface area (TPSA) is 56.5 Å². The van der Waals surface area contributed by atoms with E-state index < -0.39 is 5.97 Å².